The van der Waals surface area contributed by atoms with Crippen LogP contribution in [-0.4, -0.2) is 18.0 Å². The molecule has 0 heterocycles. The lowest BCUT2D eigenvalue weighted by molar-refractivity contribution is 0.644. The van der Waals surface area contributed by atoms with E-state index in [1.54, 1.807) is 0 Å². The van der Waals surface area contributed by atoms with Gasteiger partial charge in [-0.3, -0.25) is 0 Å². The molecule has 3 N–H and O–H groups in total. The minimum Gasteiger partial charge on any atom is -0.399 e. The Morgan fingerprint density at radius 1 is 0.837 bits per heavy atom. The van der Waals surface area contributed by atoms with Gasteiger partial charge in [-0.05, 0) is 96.8 Å². The second kappa shape index (κ2) is 16.1. The summed E-state index contributed by atoms with van der Waals surface area (Å²) < 4.78 is 0. The monoisotopic (exact) mass is 572 g/mol. The molecular weight excluding hydrogens is 524 g/mol. The lowest BCUT2D eigenvalue weighted by Crippen LogP contribution is -2.24. The molecule has 0 aliphatic carbocycles. The third-order valence-electron chi connectivity index (χ3n) is 7.29. The summed E-state index contributed by atoms with van der Waals surface area (Å²) in [6.07, 6.45) is 9.10. The molecule has 0 aromatic heterocycles. The Kier molecular flexibility index (Phi) is 12.3. The van der Waals surface area contributed by atoms with Gasteiger partial charge in [0.25, 0.3) is 0 Å². The Morgan fingerprint density at radius 3 is 2.05 bits per heavy atom. The Labute approximate surface area is 259 Å². The number of allylic oxidation sites excluding steroid dienone is 3. The number of benzene rings is 3. The Bertz CT molecular complexity index is 1470. The van der Waals surface area contributed by atoms with Gasteiger partial charge >= 0.3 is 0 Å². The summed E-state index contributed by atoms with van der Waals surface area (Å²) in [7, 11) is 0. The van der Waals surface area contributed by atoms with E-state index >= 15 is 0 Å². The van der Waals surface area contributed by atoms with Gasteiger partial charge in [0.1, 0.15) is 0 Å². The molecular formula is C39H48N4. The number of nitrogens with two attached hydrogens (primary N) is 1. The predicted molar refractivity (Wildman–Crippen MR) is 190 cm³/mol. The molecule has 0 aliphatic rings. The first-order valence-corrected chi connectivity index (χ1v) is 15.1. The lowest BCUT2D eigenvalue weighted by atomic mass is 9.96. The van der Waals surface area contributed by atoms with Crippen molar-refractivity contribution in [3.05, 3.63) is 151 Å². The highest BCUT2D eigenvalue weighted by atomic mass is 15.1. The molecule has 3 rings (SSSR count). The van der Waals surface area contributed by atoms with Crippen LogP contribution in [-0.2, 0) is 6.42 Å². The molecule has 0 saturated carbocycles. The minimum atomic E-state index is 0.574. The predicted octanol–water partition coefficient (Wildman–Crippen LogP) is 9.83. The normalized spacial score (nSPS) is 11.3. The molecule has 43 heavy (non-hydrogen) atoms. The van der Waals surface area contributed by atoms with Crippen molar-refractivity contribution < 1.29 is 0 Å². The fourth-order valence-corrected chi connectivity index (χ4v) is 4.89. The van der Waals surface area contributed by atoms with Crippen molar-refractivity contribution in [3.63, 3.8) is 0 Å². The van der Waals surface area contributed by atoms with Crippen molar-refractivity contribution in [2.45, 2.75) is 47.0 Å². The zero-order chi connectivity index (χ0) is 31.4. The summed E-state index contributed by atoms with van der Waals surface area (Å²) in [5.74, 6) is 0. The zero-order valence-corrected chi connectivity index (χ0v) is 26.5. The van der Waals surface area contributed by atoms with Gasteiger partial charge in [0, 0.05) is 42.6 Å². The summed E-state index contributed by atoms with van der Waals surface area (Å²) in [5, 5.41) is 3.44. The summed E-state index contributed by atoms with van der Waals surface area (Å²) in [6.45, 7) is 27.5. The number of rotatable bonds is 16. The zero-order valence-electron chi connectivity index (χ0n) is 26.5. The lowest BCUT2D eigenvalue weighted by Gasteiger charge is -2.25. The summed E-state index contributed by atoms with van der Waals surface area (Å²) in [5.41, 5.74) is 16.6. The number of anilines is 2. The molecule has 0 saturated heterocycles. The highest BCUT2D eigenvalue weighted by molar-refractivity contribution is 5.72. The molecule has 224 valence electrons. The molecule has 4 nitrogen and oxygen atoms in total. The van der Waals surface area contributed by atoms with Crippen LogP contribution in [0.25, 0.3) is 16.8 Å². The van der Waals surface area contributed by atoms with E-state index in [9.17, 15) is 0 Å². The molecule has 0 amide bonds. The molecule has 3 aromatic rings. The molecule has 3 aromatic carbocycles. The van der Waals surface area contributed by atoms with Gasteiger partial charge in [0.15, 0.2) is 0 Å². The van der Waals surface area contributed by atoms with Crippen molar-refractivity contribution in [2.24, 2.45) is 5.73 Å². The highest BCUT2D eigenvalue weighted by Crippen LogP contribution is 2.26. The molecule has 0 fully saturated rings. The first kappa shape index (κ1) is 32.8. The maximum absolute atomic E-state index is 5.81. The Balaban J connectivity index is 1.71. The van der Waals surface area contributed by atoms with Crippen LogP contribution >= 0.6 is 0 Å². The van der Waals surface area contributed by atoms with E-state index in [4.69, 9.17) is 5.73 Å². The molecule has 0 atom stereocenters. The van der Waals surface area contributed by atoms with Crippen LogP contribution in [0.1, 0.15) is 62.8 Å². The van der Waals surface area contributed by atoms with E-state index in [0.29, 0.717) is 5.70 Å². The summed E-state index contributed by atoms with van der Waals surface area (Å²) in [4.78, 5) is 4.44. The van der Waals surface area contributed by atoms with E-state index in [1.807, 2.05) is 36.2 Å². The van der Waals surface area contributed by atoms with Crippen molar-refractivity contribution in [1.29, 1.82) is 0 Å². The second-order valence-electron chi connectivity index (χ2n) is 10.9. The van der Waals surface area contributed by atoms with Crippen LogP contribution in [0.5, 0.6) is 0 Å². The summed E-state index contributed by atoms with van der Waals surface area (Å²) >= 11 is 0. The number of hydrogen-bond donors (Lipinski definition) is 2. The van der Waals surface area contributed by atoms with Gasteiger partial charge in [0.2, 0.25) is 0 Å². The second-order valence-corrected chi connectivity index (χ2v) is 10.9. The highest BCUT2D eigenvalue weighted by Gasteiger charge is 2.10. The van der Waals surface area contributed by atoms with Gasteiger partial charge in [-0.25, -0.2) is 0 Å². The first-order chi connectivity index (χ1) is 20.7. The van der Waals surface area contributed by atoms with Crippen molar-refractivity contribution >= 4 is 28.2 Å². The van der Waals surface area contributed by atoms with Gasteiger partial charge in [-0.2, -0.15) is 0 Å². The fraction of sp³-hybridized carbons (Fsp3) is 0.231. The average molecular weight is 573 g/mol. The molecule has 0 unspecified atom stereocenters. The third-order valence-corrected chi connectivity index (χ3v) is 7.29. The van der Waals surface area contributed by atoms with E-state index in [2.05, 4.69) is 124 Å². The van der Waals surface area contributed by atoms with Gasteiger partial charge in [-0.1, -0.05) is 88.7 Å². The Morgan fingerprint density at radius 2 is 1.47 bits per heavy atom. The maximum Gasteiger partial charge on any atom is 0.0607 e. The van der Waals surface area contributed by atoms with Crippen LogP contribution in [0.15, 0.2) is 129 Å². The minimum absolute atomic E-state index is 0.574. The average Bonchev–Trinajstić information content (AvgIpc) is 3.01. The molecule has 0 bridgehead atoms. The standard InChI is InChI=1S/C39H48N4/c1-9-23-42(24-10-2)39-21-19-38(20-22-39)41-32(7)33(8)43(25-11-3)28-30(5)37-14-12-13-36(27-37)29(4)26-34-15-17-35(18-16-34)31(6)40/h11-22,25,27-28,41H,4,6-10,23-24,26,40H2,1-3,5H3/b25-11-,30-28+. The van der Waals surface area contributed by atoms with Crippen LogP contribution in [0, 0.1) is 0 Å². The van der Waals surface area contributed by atoms with E-state index in [-0.39, 0.29) is 0 Å². The van der Waals surface area contributed by atoms with Crippen molar-refractivity contribution in [1.82, 2.24) is 4.90 Å². The molecule has 0 spiro atoms. The van der Waals surface area contributed by atoms with Crippen molar-refractivity contribution in [3.8, 4) is 0 Å². The molecule has 0 aliphatic heterocycles. The number of nitrogens with one attached hydrogen (secondary N) is 1. The van der Waals surface area contributed by atoms with Crippen LogP contribution < -0.4 is 16.0 Å². The van der Waals surface area contributed by atoms with Gasteiger partial charge < -0.3 is 20.9 Å². The van der Waals surface area contributed by atoms with Gasteiger partial charge in [-0.15, -0.1) is 0 Å². The van der Waals surface area contributed by atoms with Crippen LogP contribution in [0.3, 0.4) is 0 Å². The maximum atomic E-state index is 5.81. The molecule has 4 heteroatoms. The van der Waals surface area contributed by atoms with Gasteiger partial charge in [0.05, 0.1) is 11.4 Å². The third kappa shape index (κ3) is 9.40. The van der Waals surface area contributed by atoms with E-state index < -0.39 is 0 Å². The largest absolute Gasteiger partial charge is 0.399 e. The van der Waals surface area contributed by atoms with E-state index in [1.165, 1.54) is 11.3 Å². The number of hydrogen-bond acceptors (Lipinski definition) is 4. The fourth-order valence-electron chi connectivity index (χ4n) is 4.89. The quantitative estimate of drug-likeness (QED) is 0.168. The first-order valence-electron chi connectivity index (χ1n) is 15.1. The SMILES string of the molecule is C=C(Nc1ccc(N(CCC)CCC)cc1)C(=C)N(/C=C\C)/C=C(\C)c1cccc(C(=C)Cc2ccc(C(=C)N)cc2)c1. The smallest absolute Gasteiger partial charge is 0.0607 e. The number of nitrogens with zero attached hydrogens (tertiary/aromatic N) is 2. The summed E-state index contributed by atoms with van der Waals surface area (Å²) in [6, 6.07) is 25.2. The topological polar surface area (TPSA) is 44.5 Å². The van der Waals surface area contributed by atoms with Crippen molar-refractivity contribution in [2.75, 3.05) is 23.3 Å². The van der Waals surface area contributed by atoms with Crippen LogP contribution in [0.4, 0.5) is 11.4 Å². The van der Waals surface area contributed by atoms with E-state index in [0.717, 1.165) is 77.3 Å². The Hall–Kier alpha value is -4.70. The molecule has 0 radical (unpaired) electrons. The van der Waals surface area contributed by atoms with Crippen LogP contribution in [0.2, 0.25) is 0 Å².